The molecule has 0 saturated heterocycles. The van der Waals surface area contributed by atoms with Crippen LogP contribution in [0.1, 0.15) is 57.4 Å². The SMILES string of the molecule is CCCCCCCCCc1ccccc1S(=O)(=O)N(C)c1cccc2cccnc12. The molecule has 30 heavy (non-hydrogen) atoms. The summed E-state index contributed by atoms with van der Waals surface area (Å²) in [6.07, 6.45) is 11.0. The van der Waals surface area contributed by atoms with Gasteiger partial charge in [-0.1, -0.05) is 81.8 Å². The Balaban J connectivity index is 1.77. The first kappa shape index (κ1) is 22.3. The van der Waals surface area contributed by atoms with Gasteiger partial charge in [0.15, 0.2) is 0 Å². The highest BCUT2D eigenvalue weighted by Gasteiger charge is 2.25. The van der Waals surface area contributed by atoms with Crippen LogP contribution in [-0.2, 0) is 16.4 Å². The third kappa shape index (κ3) is 5.20. The molecule has 4 nitrogen and oxygen atoms in total. The largest absolute Gasteiger partial charge is 0.267 e. The van der Waals surface area contributed by atoms with E-state index in [0.717, 1.165) is 30.2 Å². The number of hydrogen-bond donors (Lipinski definition) is 0. The molecule has 0 aliphatic carbocycles. The Kier molecular flexibility index (Phi) is 7.86. The Morgan fingerprint density at radius 3 is 2.33 bits per heavy atom. The molecule has 0 amide bonds. The van der Waals surface area contributed by atoms with Crippen LogP contribution >= 0.6 is 0 Å². The molecule has 0 fully saturated rings. The summed E-state index contributed by atoms with van der Waals surface area (Å²) in [7, 11) is -2.06. The Hall–Kier alpha value is -2.40. The lowest BCUT2D eigenvalue weighted by Gasteiger charge is -2.22. The molecule has 0 radical (unpaired) electrons. The van der Waals surface area contributed by atoms with E-state index in [1.54, 1.807) is 25.4 Å². The highest BCUT2D eigenvalue weighted by molar-refractivity contribution is 7.92. The first-order valence-corrected chi connectivity index (χ1v) is 12.4. The molecule has 0 aliphatic heterocycles. The number of sulfonamides is 1. The van der Waals surface area contributed by atoms with Crippen molar-refractivity contribution < 1.29 is 8.42 Å². The first-order chi connectivity index (χ1) is 14.6. The van der Waals surface area contributed by atoms with Crippen molar-refractivity contribution in [3.8, 4) is 0 Å². The number of anilines is 1. The fraction of sp³-hybridized carbons (Fsp3) is 0.400. The summed E-state index contributed by atoms with van der Waals surface area (Å²) in [6, 6.07) is 16.8. The van der Waals surface area contributed by atoms with Crippen LogP contribution in [0.3, 0.4) is 0 Å². The van der Waals surface area contributed by atoms with E-state index in [2.05, 4.69) is 11.9 Å². The van der Waals surface area contributed by atoms with Crippen molar-refractivity contribution in [3.63, 3.8) is 0 Å². The van der Waals surface area contributed by atoms with Crippen LogP contribution in [0, 0.1) is 0 Å². The smallest absolute Gasteiger partial charge is 0.264 e. The van der Waals surface area contributed by atoms with Crippen LogP contribution in [0.5, 0.6) is 0 Å². The maximum absolute atomic E-state index is 13.5. The number of benzene rings is 2. The van der Waals surface area contributed by atoms with E-state index in [4.69, 9.17) is 0 Å². The molecule has 0 N–H and O–H groups in total. The number of rotatable bonds is 11. The zero-order chi connectivity index (χ0) is 21.4. The van der Waals surface area contributed by atoms with Gasteiger partial charge >= 0.3 is 0 Å². The minimum absolute atomic E-state index is 0.395. The summed E-state index contributed by atoms with van der Waals surface area (Å²) in [5, 5.41) is 0.924. The topological polar surface area (TPSA) is 50.3 Å². The second-order valence-electron chi connectivity index (χ2n) is 7.80. The molecule has 2 aromatic carbocycles. The first-order valence-electron chi connectivity index (χ1n) is 11.0. The molecule has 1 aromatic heterocycles. The van der Waals surface area contributed by atoms with Gasteiger partial charge in [-0.15, -0.1) is 0 Å². The van der Waals surface area contributed by atoms with Crippen LogP contribution in [0.15, 0.2) is 65.7 Å². The predicted molar refractivity (Wildman–Crippen MR) is 125 cm³/mol. The van der Waals surface area contributed by atoms with E-state index in [1.807, 2.05) is 42.5 Å². The van der Waals surface area contributed by atoms with E-state index < -0.39 is 10.0 Å². The highest BCUT2D eigenvalue weighted by Crippen LogP contribution is 2.30. The maximum atomic E-state index is 13.5. The summed E-state index contributed by atoms with van der Waals surface area (Å²) >= 11 is 0. The summed E-state index contributed by atoms with van der Waals surface area (Å²) in [6.45, 7) is 2.22. The van der Waals surface area contributed by atoms with Gasteiger partial charge in [-0.2, -0.15) is 0 Å². The van der Waals surface area contributed by atoms with Gasteiger partial charge in [-0.05, 0) is 36.6 Å². The molecule has 0 saturated carbocycles. The summed E-state index contributed by atoms with van der Waals surface area (Å²) < 4.78 is 28.4. The lowest BCUT2D eigenvalue weighted by Crippen LogP contribution is -2.27. The predicted octanol–water partition coefficient (Wildman–Crippen LogP) is 6.35. The highest BCUT2D eigenvalue weighted by atomic mass is 32.2. The standard InChI is InChI=1S/C25H32N2O2S/c1-3-4-5-6-7-8-9-14-21-15-10-11-19-24(21)30(28,29)27(2)23-18-12-16-22-17-13-20-26-25(22)23/h10-13,15-20H,3-9,14H2,1-2H3. The van der Waals surface area contributed by atoms with Gasteiger partial charge in [0.2, 0.25) is 0 Å². The number of aryl methyl sites for hydroxylation is 1. The zero-order valence-electron chi connectivity index (χ0n) is 18.0. The molecule has 0 spiro atoms. The van der Waals surface area contributed by atoms with Gasteiger partial charge in [0.05, 0.1) is 16.1 Å². The molecule has 3 aromatic rings. The molecule has 5 heteroatoms. The van der Waals surface area contributed by atoms with Crippen molar-refractivity contribution in [2.45, 2.75) is 63.2 Å². The Morgan fingerprint density at radius 2 is 1.53 bits per heavy atom. The van der Waals surface area contributed by atoms with Crippen LogP contribution in [0.2, 0.25) is 0 Å². The van der Waals surface area contributed by atoms with Crippen LogP contribution in [0.4, 0.5) is 5.69 Å². The van der Waals surface area contributed by atoms with Crippen molar-refractivity contribution in [1.29, 1.82) is 0 Å². The minimum atomic E-state index is -3.68. The van der Waals surface area contributed by atoms with E-state index in [1.165, 1.54) is 36.4 Å². The van der Waals surface area contributed by atoms with E-state index >= 15 is 0 Å². The van der Waals surface area contributed by atoms with E-state index in [-0.39, 0.29) is 0 Å². The van der Waals surface area contributed by atoms with Gasteiger partial charge in [0.1, 0.15) is 0 Å². The van der Waals surface area contributed by atoms with Crippen molar-refractivity contribution >= 4 is 26.6 Å². The van der Waals surface area contributed by atoms with Gasteiger partial charge in [0.25, 0.3) is 10.0 Å². The second kappa shape index (κ2) is 10.6. The van der Waals surface area contributed by atoms with Gasteiger partial charge in [-0.25, -0.2) is 8.42 Å². The number of fused-ring (bicyclic) bond motifs is 1. The molecule has 0 unspecified atom stereocenters. The van der Waals surface area contributed by atoms with E-state index in [0.29, 0.717) is 16.1 Å². The normalized spacial score (nSPS) is 11.7. The molecular formula is C25H32N2O2S. The quantitative estimate of drug-likeness (QED) is 0.337. The number of unbranched alkanes of at least 4 members (excludes halogenated alkanes) is 6. The summed E-state index contributed by atoms with van der Waals surface area (Å²) in [4.78, 5) is 4.81. The lowest BCUT2D eigenvalue weighted by atomic mass is 10.0. The number of aromatic nitrogens is 1. The van der Waals surface area contributed by atoms with Crippen molar-refractivity contribution in [2.75, 3.05) is 11.4 Å². The fourth-order valence-corrected chi connectivity index (χ4v) is 5.31. The zero-order valence-corrected chi connectivity index (χ0v) is 18.9. The lowest BCUT2D eigenvalue weighted by molar-refractivity contribution is 0.583. The molecule has 160 valence electrons. The molecule has 0 aliphatic rings. The number of para-hydroxylation sites is 1. The average Bonchev–Trinajstić information content (AvgIpc) is 2.78. The van der Waals surface area contributed by atoms with Gasteiger partial charge in [-0.3, -0.25) is 9.29 Å². The van der Waals surface area contributed by atoms with Crippen LogP contribution in [-0.4, -0.2) is 20.4 Å². The second-order valence-corrected chi connectivity index (χ2v) is 9.74. The third-order valence-electron chi connectivity index (χ3n) is 5.61. The summed E-state index contributed by atoms with van der Waals surface area (Å²) in [5.74, 6) is 0. The average molecular weight is 425 g/mol. The number of pyridine rings is 1. The van der Waals surface area contributed by atoms with Crippen LogP contribution < -0.4 is 4.31 Å². The van der Waals surface area contributed by atoms with Crippen molar-refractivity contribution in [3.05, 3.63) is 66.4 Å². The molecule has 0 bridgehead atoms. The molecular weight excluding hydrogens is 392 g/mol. The number of nitrogens with zero attached hydrogens (tertiary/aromatic N) is 2. The molecule has 1 heterocycles. The third-order valence-corrected chi connectivity index (χ3v) is 7.48. The molecule has 3 rings (SSSR count). The fourth-order valence-electron chi connectivity index (χ4n) is 3.85. The minimum Gasteiger partial charge on any atom is -0.267 e. The van der Waals surface area contributed by atoms with E-state index in [9.17, 15) is 8.42 Å². The van der Waals surface area contributed by atoms with Gasteiger partial charge in [0, 0.05) is 18.6 Å². The Morgan fingerprint density at radius 1 is 0.833 bits per heavy atom. The summed E-state index contributed by atoms with van der Waals surface area (Å²) in [5.41, 5.74) is 2.18. The monoisotopic (exact) mass is 424 g/mol. The maximum Gasteiger partial charge on any atom is 0.264 e. The van der Waals surface area contributed by atoms with Crippen LogP contribution in [0.25, 0.3) is 10.9 Å². The van der Waals surface area contributed by atoms with Crippen molar-refractivity contribution in [2.24, 2.45) is 0 Å². The Labute approximate surface area is 181 Å². The molecule has 0 atom stereocenters. The van der Waals surface area contributed by atoms with Crippen molar-refractivity contribution in [1.82, 2.24) is 4.98 Å². The Bertz CT molecular complexity index is 1060. The van der Waals surface area contributed by atoms with Gasteiger partial charge < -0.3 is 0 Å². The number of hydrogen-bond acceptors (Lipinski definition) is 3.